The predicted octanol–water partition coefficient (Wildman–Crippen LogP) is 0.254. The normalized spacial score (nSPS) is 18.4. The molecule has 0 saturated carbocycles. The molecule has 0 aromatic rings. The van der Waals surface area contributed by atoms with Crippen molar-refractivity contribution in [3.8, 4) is 0 Å². The Morgan fingerprint density at radius 2 is 2.21 bits per heavy atom. The van der Waals surface area contributed by atoms with Crippen molar-refractivity contribution in [2.24, 2.45) is 0 Å². The number of aliphatic hydroxyl groups excluding tert-OH is 1. The van der Waals surface area contributed by atoms with Gasteiger partial charge in [0.15, 0.2) is 6.10 Å². The molecular weight excluding hydrogens is 188 g/mol. The summed E-state index contributed by atoms with van der Waals surface area (Å²) in [5, 5.41) is 8.69. The van der Waals surface area contributed by atoms with Gasteiger partial charge in [0.2, 0.25) is 0 Å². The highest BCUT2D eigenvalue weighted by Crippen LogP contribution is 1.99. The van der Waals surface area contributed by atoms with Crippen LogP contribution in [0.5, 0.6) is 0 Å². The lowest BCUT2D eigenvalue weighted by molar-refractivity contribution is -0.166. The third-order valence-corrected chi connectivity index (χ3v) is 1.24. The summed E-state index contributed by atoms with van der Waals surface area (Å²) in [6.45, 7) is 1.24. The summed E-state index contributed by atoms with van der Waals surface area (Å²) >= 11 is 0. The first-order chi connectivity index (χ1) is 7.70. The van der Waals surface area contributed by atoms with Crippen LogP contribution in [0.25, 0.3) is 0 Å². The zero-order valence-corrected chi connectivity index (χ0v) is 8.15. The number of esters is 2. The lowest BCUT2D eigenvalue weighted by atomic mass is 10.3. The highest BCUT2D eigenvalue weighted by Gasteiger charge is 2.18. The number of carbonyl (C=O) groups excluding carboxylic acids is 2. The fourth-order valence-electron chi connectivity index (χ4n) is 0.639. The van der Waals surface area contributed by atoms with E-state index in [4.69, 9.17) is 9.22 Å². The van der Waals surface area contributed by atoms with E-state index in [1.165, 1.54) is 6.92 Å². The predicted molar refractivity (Wildman–Crippen MR) is 48.5 cm³/mol. The molecule has 0 aliphatic rings. The van der Waals surface area contributed by atoms with E-state index in [1.54, 1.807) is 6.92 Å². The summed E-state index contributed by atoms with van der Waals surface area (Å²) in [6.07, 6.45) is -4.45. The van der Waals surface area contributed by atoms with Crippen LogP contribution in [0.1, 0.15) is 30.8 Å². The lowest BCUT2D eigenvalue weighted by Gasteiger charge is -2.11. The molecule has 0 fully saturated rings. The molecule has 0 unspecified atom stereocenters. The monoisotopic (exact) mass is 207 g/mol. The molecule has 0 bridgehead atoms. The lowest BCUT2D eigenvalue weighted by Crippen LogP contribution is -2.26. The van der Waals surface area contributed by atoms with Crippen LogP contribution in [0, 0.1) is 0 Å². The first-order valence-corrected chi connectivity index (χ1v) is 4.18. The Morgan fingerprint density at radius 1 is 1.57 bits per heavy atom. The van der Waals surface area contributed by atoms with Crippen molar-refractivity contribution >= 4 is 11.9 Å². The number of rotatable bonds is 6. The maximum absolute atomic E-state index is 11.3. The van der Waals surface area contributed by atoms with Crippen LogP contribution in [0.2, 0.25) is 0 Å². The van der Waals surface area contributed by atoms with Crippen molar-refractivity contribution in [2.45, 2.75) is 32.7 Å². The molecule has 14 heavy (non-hydrogen) atoms. The topological polar surface area (TPSA) is 72.8 Å². The number of ether oxygens (including phenoxy) is 2. The Kier molecular flexibility index (Phi) is 4.30. The fraction of sp³-hybridized carbons (Fsp3) is 0.778. The van der Waals surface area contributed by atoms with Gasteiger partial charge in [-0.1, -0.05) is 0 Å². The van der Waals surface area contributed by atoms with Crippen LogP contribution in [0.4, 0.5) is 0 Å². The maximum Gasteiger partial charge on any atom is 0.347 e. The second-order valence-corrected chi connectivity index (χ2v) is 2.36. The second kappa shape index (κ2) is 7.32. The van der Waals surface area contributed by atoms with E-state index in [0.717, 1.165) is 0 Å². The molecule has 0 heterocycles. The van der Waals surface area contributed by atoms with E-state index in [1.807, 2.05) is 0 Å². The molecule has 0 rings (SSSR count). The molecule has 5 heteroatoms. The van der Waals surface area contributed by atoms with Gasteiger partial charge in [0.1, 0.15) is 0 Å². The summed E-state index contributed by atoms with van der Waals surface area (Å²) in [5.41, 5.74) is 0. The Hall–Kier alpha value is -1.10. The van der Waals surface area contributed by atoms with Crippen molar-refractivity contribution in [1.29, 1.82) is 0 Å². The van der Waals surface area contributed by atoms with Crippen LogP contribution >= 0.6 is 0 Å². The molecule has 0 spiro atoms. The molecule has 0 aliphatic carbocycles. The second-order valence-electron chi connectivity index (χ2n) is 2.36. The smallest absolute Gasteiger partial charge is 0.347 e. The summed E-state index contributed by atoms with van der Waals surface area (Å²) < 4.78 is 30.4. The third-order valence-electron chi connectivity index (χ3n) is 1.24. The van der Waals surface area contributed by atoms with Crippen molar-refractivity contribution in [1.82, 2.24) is 0 Å². The van der Waals surface area contributed by atoms with Gasteiger partial charge in [0.05, 0.1) is 7.98 Å². The molecule has 82 valence electrons. The largest absolute Gasteiger partial charge is 0.463 e. The summed E-state index contributed by atoms with van der Waals surface area (Å²) in [6, 6.07) is 0. The van der Waals surface area contributed by atoms with E-state index in [0.29, 0.717) is 0 Å². The van der Waals surface area contributed by atoms with Gasteiger partial charge < -0.3 is 14.6 Å². The van der Waals surface area contributed by atoms with E-state index < -0.39 is 37.4 Å². The number of carbonyl (C=O) groups is 2. The highest BCUT2D eigenvalue weighted by molar-refractivity contribution is 5.78. The van der Waals surface area contributed by atoms with Crippen LogP contribution in [-0.2, 0) is 19.1 Å². The zero-order chi connectivity index (χ0) is 13.6. The SMILES string of the molecule is [2H][C@H](O)CC([2H])([2H])C(=O)O[C@@H](C)C(=O)OCC. The van der Waals surface area contributed by atoms with E-state index >= 15 is 0 Å². The van der Waals surface area contributed by atoms with Crippen molar-refractivity contribution in [3.05, 3.63) is 0 Å². The molecule has 2 atom stereocenters. The van der Waals surface area contributed by atoms with Gasteiger partial charge in [-0.05, 0) is 20.3 Å². The average molecular weight is 207 g/mol. The van der Waals surface area contributed by atoms with Crippen LogP contribution in [0.3, 0.4) is 0 Å². The summed E-state index contributed by atoms with van der Waals surface area (Å²) in [5.74, 6) is -2.08. The number of hydrogen-bond donors (Lipinski definition) is 1. The van der Waals surface area contributed by atoms with Gasteiger partial charge in [-0.25, -0.2) is 4.79 Å². The maximum atomic E-state index is 11.3. The molecule has 0 aliphatic heterocycles. The highest BCUT2D eigenvalue weighted by atomic mass is 16.6. The van der Waals surface area contributed by atoms with Crippen LogP contribution in [-0.4, -0.2) is 36.3 Å². The minimum atomic E-state index is -2.51. The summed E-state index contributed by atoms with van der Waals surface area (Å²) in [4.78, 5) is 22.4. The molecular formula is C9H16O5. The standard InChI is InChI=1S/C9H16O5/c1-3-13-9(12)7(2)14-8(11)5-4-6-10/h7,10H,3-6H2,1-2H3/t7-/m0/s1/i5D2,6D/t6-,7-. The summed E-state index contributed by atoms with van der Waals surface area (Å²) in [7, 11) is 0. The molecule has 0 radical (unpaired) electrons. The quantitative estimate of drug-likeness (QED) is 0.632. The van der Waals surface area contributed by atoms with Crippen molar-refractivity contribution < 1.29 is 28.3 Å². The van der Waals surface area contributed by atoms with Gasteiger partial charge in [0.25, 0.3) is 0 Å². The van der Waals surface area contributed by atoms with Crippen LogP contribution < -0.4 is 0 Å². The van der Waals surface area contributed by atoms with Gasteiger partial charge in [-0.15, -0.1) is 0 Å². The van der Waals surface area contributed by atoms with Crippen molar-refractivity contribution in [3.63, 3.8) is 0 Å². The molecule has 0 aromatic heterocycles. The Labute approximate surface area is 87.2 Å². The number of hydrogen-bond acceptors (Lipinski definition) is 5. The molecule has 0 aromatic carbocycles. The first-order valence-electron chi connectivity index (χ1n) is 5.76. The van der Waals surface area contributed by atoms with Crippen molar-refractivity contribution in [2.75, 3.05) is 13.2 Å². The van der Waals surface area contributed by atoms with Crippen LogP contribution in [0.15, 0.2) is 0 Å². The zero-order valence-electron chi connectivity index (χ0n) is 11.1. The molecule has 0 amide bonds. The van der Waals surface area contributed by atoms with Gasteiger partial charge in [-0.3, -0.25) is 4.79 Å². The minimum absolute atomic E-state index is 0.124. The Bertz CT molecular complexity index is 280. The van der Waals surface area contributed by atoms with Gasteiger partial charge >= 0.3 is 11.9 Å². The van der Waals surface area contributed by atoms with Gasteiger partial charge in [-0.2, -0.15) is 0 Å². The Balaban J connectivity index is 4.38. The molecule has 0 saturated heterocycles. The minimum Gasteiger partial charge on any atom is -0.463 e. The molecule has 5 nitrogen and oxygen atoms in total. The fourth-order valence-corrected chi connectivity index (χ4v) is 0.639. The Morgan fingerprint density at radius 3 is 2.71 bits per heavy atom. The average Bonchev–Trinajstić information content (AvgIpc) is 2.15. The molecule has 1 N–H and O–H groups in total. The van der Waals surface area contributed by atoms with E-state index in [2.05, 4.69) is 9.47 Å². The van der Waals surface area contributed by atoms with E-state index in [9.17, 15) is 9.59 Å². The first kappa shape index (κ1) is 8.23. The van der Waals surface area contributed by atoms with E-state index in [-0.39, 0.29) is 6.61 Å². The third kappa shape index (κ3) is 5.53. The number of aliphatic hydroxyl groups is 1. The van der Waals surface area contributed by atoms with Gasteiger partial charge in [0, 0.05) is 15.7 Å².